The Kier molecular flexibility index (Phi) is 3.91. The predicted octanol–water partition coefficient (Wildman–Crippen LogP) is 3.26. The second-order valence-corrected chi connectivity index (χ2v) is 6.62. The molecule has 0 amide bonds. The summed E-state index contributed by atoms with van der Waals surface area (Å²) < 4.78 is 0.962. The lowest BCUT2D eigenvalue weighted by molar-refractivity contribution is 0.861. The van der Waals surface area contributed by atoms with Gasteiger partial charge in [-0.2, -0.15) is 0 Å². The van der Waals surface area contributed by atoms with Crippen molar-refractivity contribution in [2.45, 2.75) is 35.7 Å². The fourth-order valence-electron chi connectivity index (χ4n) is 1.80. The van der Waals surface area contributed by atoms with Gasteiger partial charge >= 0.3 is 0 Å². The summed E-state index contributed by atoms with van der Waals surface area (Å²) in [5.41, 5.74) is 3.61. The summed E-state index contributed by atoms with van der Waals surface area (Å²) in [7, 11) is 0. The van der Waals surface area contributed by atoms with Gasteiger partial charge in [0.25, 0.3) is 0 Å². The van der Waals surface area contributed by atoms with Gasteiger partial charge in [-0.3, -0.25) is 0 Å². The van der Waals surface area contributed by atoms with Crippen LogP contribution in [-0.2, 0) is 0 Å². The van der Waals surface area contributed by atoms with Crippen LogP contribution < -0.4 is 11.3 Å². The van der Waals surface area contributed by atoms with Crippen molar-refractivity contribution in [1.29, 1.82) is 0 Å². The zero-order chi connectivity index (χ0) is 14.1. The first-order chi connectivity index (χ1) is 9.67. The van der Waals surface area contributed by atoms with E-state index >= 15 is 0 Å². The van der Waals surface area contributed by atoms with Crippen molar-refractivity contribution in [3.8, 4) is 0 Å². The molecule has 2 aromatic rings. The first-order valence-corrected chi connectivity index (χ1v) is 7.93. The molecule has 104 valence electrons. The van der Waals surface area contributed by atoms with Crippen LogP contribution in [0.1, 0.15) is 30.1 Å². The molecule has 1 aliphatic rings. The third kappa shape index (κ3) is 2.94. The molecule has 2 heterocycles. The SMILES string of the molecule is Cc1c(NN)nc(C2CC2)nc1Sc1ccc(Br)cn1. The highest BCUT2D eigenvalue weighted by Crippen LogP contribution is 2.40. The Labute approximate surface area is 129 Å². The number of pyridine rings is 1. The molecule has 1 saturated carbocycles. The molecule has 7 heteroatoms. The van der Waals surface area contributed by atoms with E-state index in [9.17, 15) is 0 Å². The monoisotopic (exact) mass is 351 g/mol. The van der Waals surface area contributed by atoms with Gasteiger partial charge in [-0.25, -0.2) is 20.8 Å². The Bertz CT molecular complexity index is 627. The molecular formula is C13H14BrN5S. The van der Waals surface area contributed by atoms with E-state index < -0.39 is 0 Å². The summed E-state index contributed by atoms with van der Waals surface area (Å²) in [5, 5.41) is 1.81. The van der Waals surface area contributed by atoms with Gasteiger partial charge in [0.2, 0.25) is 0 Å². The van der Waals surface area contributed by atoms with Gasteiger partial charge in [0.1, 0.15) is 21.7 Å². The van der Waals surface area contributed by atoms with Gasteiger partial charge in [0, 0.05) is 22.2 Å². The van der Waals surface area contributed by atoms with Gasteiger partial charge in [0.05, 0.1) is 0 Å². The van der Waals surface area contributed by atoms with Crippen LogP contribution in [0, 0.1) is 6.92 Å². The third-order valence-corrected chi connectivity index (χ3v) is 4.61. The van der Waals surface area contributed by atoms with Crippen LogP contribution in [-0.4, -0.2) is 15.0 Å². The Morgan fingerprint density at radius 2 is 2.15 bits per heavy atom. The molecule has 1 aliphatic carbocycles. The van der Waals surface area contributed by atoms with Crippen LogP contribution in [0.3, 0.4) is 0 Å². The van der Waals surface area contributed by atoms with E-state index in [0.29, 0.717) is 11.7 Å². The second kappa shape index (κ2) is 5.67. The highest BCUT2D eigenvalue weighted by Gasteiger charge is 2.28. The smallest absolute Gasteiger partial charge is 0.147 e. The molecule has 3 rings (SSSR count). The maximum absolute atomic E-state index is 5.55. The summed E-state index contributed by atoms with van der Waals surface area (Å²) in [6.45, 7) is 1.97. The topological polar surface area (TPSA) is 76.7 Å². The Morgan fingerprint density at radius 3 is 2.75 bits per heavy atom. The highest BCUT2D eigenvalue weighted by atomic mass is 79.9. The highest BCUT2D eigenvalue weighted by molar-refractivity contribution is 9.10. The van der Waals surface area contributed by atoms with Crippen molar-refractivity contribution in [2.75, 3.05) is 5.43 Å². The first-order valence-electron chi connectivity index (χ1n) is 6.32. The summed E-state index contributed by atoms with van der Waals surface area (Å²) in [6, 6.07) is 3.93. The maximum atomic E-state index is 5.55. The number of hydrazine groups is 1. The molecule has 0 aromatic carbocycles. The quantitative estimate of drug-likeness (QED) is 0.500. The van der Waals surface area contributed by atoms with Gasteiger partial charge in [0.15, 0.2) is 0 Å². The lowest BCUT2D eigenvalue weighted by Gasteiger charge is -2.11. The van der Waals surface area contributed by atoms with Crippen molar-refractivity contribution in [1.82, 2.24) is 15.0 Å². The molecule has 0 atom stereocenters. The third-order valence-electron chi connectivity index (χ3n) is 3.10. The number of nitrogens with one attached hydrogen (secondary N) is 1. The van der Waals surface area contributed by atoms with Gasteiger partial charge in [-0.1, -0.05) is 0 Å². The number of nitrogens with two attached hydrogens (primary N) is 1. The van der Waals surface area contributed by atoms with Crippen LogP contribution in [0.15, 0.2) is 32.9 Å². The van der Waals surface area contributed by atoms with Gasteiger partial charge in [-0.15, -0.1) is 0 Å². The summed E-state index contributed by atoms with van der Waals surface area (Å²) in [5.74, 6) is 7.61. The molecule has 5 nitrogen and oxygen atoms in total. The second-order valence-electron chi connectivity index (χ2n) is 4.70. The van der Waals surface area contributed by atoms with E-state index in [4.69, 9.17) is 5.84 Å². The number of rotatable bonds is 4. The van der Waals surface area contributed by atoms with Gasteiger partial charge < -0.3 is 5.43 Å². The van der Waals surface area contributed by atoms with Gasteiger partial charge in [-0.05, 0) is 59.6 Å². The molecule has 0 radical (unpaired) electrons. The molecule has 0 unspecified atom stereocenters. The number of anilines is 1. The van der Waals surface area contributed by atoms with Crippen LogP contribution in [0.2, 0.25) is 0 Å². The zero-order valence-electron chi connectivity index (χ0n) is 10.9. The van der Waals surface area contributed by atoms with Crippen molar-refractivity contribution in [3.05, 3.63) is 34.2 Å². The fourth-order valence-corrected chi connectivity index (χ4v) is 2.86. The molecule has 0 bridgehead atoms. The molecule has 0 aliphatic heterocycles. The standard InChI is InChI=1S/C13H14BrN5S/c1-7-11(19-15)17-12(8-2-3-8)18-13(7)20-10-5-4-9(14)6-16-10/h4-6,8H,2-3,15H2,1H3,(H,17,18,19). The minimum Gasteiger partial charge on any atom is -0.308 e. The summed E-state index contributed by atoms with van der Waals surface area (Å²) in [4.78, 5) is 13.5. The number of aromatic nitrogens is 3. The van der Waals surface area contributed by atoms with E-state index in [-0.39, 0.29) is 0 Å². The number of nitrogen functional groups attached to an aromatic ring is 1. The number of nitrogens with zero attached hydrogens (tertiary/aromatic N) is 3. The molecule has 0 saturated heterocycles. The largest absolute Gasteiger partial charge is 0.308 e. The Morgan fingerprint density at radius 1 is 1.35 bits per heavy atom. The number of halogens is 1. The lowest BCUT2D eigenvalue weighted by Crippen LogP contribution is -2.13. The Hall–Kier alpha value is -1.18. The van der Waals surface area contributed by atoms with E-state index in [1.807, 2.05) is 19.1 Å². The minimum atomic E-state index is 0.486. The predicted molar refractivity (Wildman–Crippen MR) is 82.6 cm³/mol. The van der Waals surface area contributed by atoms with Crippen LogP contribution in [0.5, 0.6) is 0 Å². The van der Waals surface area contributed by atoms with Crippen molar-refractivity contribution in [2.24, 2.45) is 5.84 Å². The van der Waals surface area contributed by atoms with E-state index in [1.54, 1.807) is 6.20 Å². The molecule has 2 aromatic heterocycles. The lowest BCUT2D eigenvalue weighted by atomic mass is 10.3. The first kappa shape index (κ1) is 13.8. The van der Waals surface area contributed by atoms with E-state index in [2.05, 4.69) is 36.3 Å². The Balaban J connectivity index is 1.94. The average molecular weight is 352 g/mol. The maximum Gasteiger partial charge on any atom is 0.147 e. The summed E-state index contributed by atoms with van der Waals surface area (Å²) >= 11 is 4.92. The molecule has 20 heavy (non-hydrogen) atoms. The zero-order valence-corrected chi connectivity index (χ0v) is 13.3. The molecule has 3 N–H and O–H groups in total. The van der Waals surface area contributed by atoms with Crippen molar-refractivity contribution < 1.29 is 0 Å². The van der Waals surface area contributed by atoms with E-state index in [1.165, 1.54) is 11.8 Å². The normalized spacial score (nSPS) is 14.3. The van der Waals surface area contributed by atoms with Crippen LogP contribution >= 0.6 is 27.7 Å². The summed E-state index contributed by atoms with van der Waals surface area (Å²) in [6.07, 6.45) is 4.10. The van der Waals surface area contributed by atoms with Crippen LogP contribution in [0.4, 0.5) is 5.82 Å². The van der Waals surface area contributed by atoms with Crippen molar-refractivity contribution in [3.63, 3.8) is 0 Å². The minimum absolute atomic E-state index is 0.486. The average Bonchev–Trinajstić information content (AvgIpc) is 3.28. The van der Waals surface area contributed by atoms with Crippen LogP contribution in [0.25, 0.3) is 0 Å². The molecule has 0 spiro atoms. The van der Waals surface area contributed by atoms with Crippen molar-refractivity contribution >= 4 is 33.5 Å². The number of hydrogen-bond donors (Lipinski definition) is 2. The molecule has 1 fully saturated rings. The van der Waals surface area contributed by atoms with E-state index in [0.717, 1.165) is 38.8 Å². The number of hydrogen-bond acceptors (Lipinski definition) is 6. The fraction of sp³-hybridized carbons (Fsp3) is 0.308. The molecular weight excluding hydrogens is 338 g/mol.